The van der Waals surface area contributed by atoms with Gasteiger partial charge in [-0.2, -0.15) is 8.42 Å². The minimum atomic E-state index is -4.02. The third-order valence-corrected chi connectivity index (χ3v) is 7.32. The molecule has 168 valence electrons. The van der Waals surface area contributed by atoms with E-state index in [0.717, 1.165) is 5.56 Å². The summed E-state index contributed by atoms with van der Waals surface area (Å²) in [5.41, 5.74) is 2.38. The summed E-state index contributed by atoms with van der Waals surface area (Å²) in [5, 5.41) is 0. The van der Waals surface area contributed by atoms with Crippen molar-refractivity contribution in [3.8, 4) is 11.5 Å². The Morgan fingerprint density at radius 2 is 1.73 bits per heavy atom. The molecule has 0 saturated carbocycles. The van der Waals surface area contributed by atoms with Crippen molar-refractivity contribution in [2.75, 3.05) is 12.0 Å². The van der Waals surface area contributed by atoms with Crippen LogP contribution in [0.2, 0.25) is 0 Å². The summed E-state index contributed by atoms with van der Waals surface area (Å²) >= 11 is 6.63. The molecule has 1 saturated heterocycles. The summed E-state index contributed by atoms with van der Waals surface area (Å²) in [5.74, 6) is 0.0461. The molecule has 0 unspecified atom stereocenters. The summed E-state index contributed by atoms with van der Waals surface area (Å²) in [7, 11) is -2.60. The Morgan fingerprint density at radius 1 is 0.970 bits per heavy atom. The molecule has 6 nitrogen and oxygen atoms in total. The van der Waals surface area contributed by atoms with E-state index in [-0.39, 0.29) is 22.3 Å². The highest BCUT2D eigenvalue weighted by atomic mass is 32.2. The van der Waals surface area contributed by atoms with Crippen molar-refractivity contribution in [1.29, 1.82) is 0 Å². The third kappa shape index (κ3) is 4.95. The number of thioether (sulfide) groups is 1. The normalized spacial score (nSPS) is 15.2. The number of anilines is 1. The molecule has 4 rings (SSSR count). The van der Waals surface area contributed by atoms with Crippen molar-refractivity contribution < 1.29 is 22.1 Å². The Bertz CT molecular complexity index is 1370. The van der Waals surface area contributed by atoms with Crippen molar-refractivity contribution in [1.82, 2.24) is 0 Å². The van der Waals surface area contributed by atoms with Gasteiger partial charge in [0, 0.05) is 0 Å². The van der Waals surface area contributed by atoms with Gasteiger partial charge in [0.15, 0.2) is 15.8 Å². The second kappa shape index (κ2) is 9.38. The highest BCUT2D eigenvalue weighted by Gasteiger charge is 2.33. The molecule has 0 bridgehead atoms. The van der Waals surface area contributed by atoms with Crippen molar-refractivity contribution in [2.24, 2.45) is 0 Å². The molecule has 0 atom stereocenters. The van der Waals surface area contributed by atoms with Gasteiger partial charge >= 0.3 is 10.1 Å². The van der Waals surface area contributed by atoms with Crippen LogP contribution in [0.5, 0.6) is 11.5 Å². The lowest BCUT2D eigenvalue weighted by atomic mass is 10.1. The number of hydrogen-bond donors (Lipinski definition) is 0. The van der Waals surface area contributed by atoms with Crippen LogP contribution in [0.1, 0.15) is 11.1 Å². The van der Waals surface area contributed by atoms with Gasteiger partial charge in [-0.3, -0.25) is 9.69 Å². The number of nitrogens with zero attached hydrogens (tertiary/aromatic N) is 1. The van der Waals surface area contributed by atoms with Crippen LogP contribution in [0.4, 0.5) is 5.69 Å². The zero-order valence-electron chi connectivity index (χ0n) is 17.7. The van der Waals surface area contributed by atoms with Gasteiger partial charge in [-0.25, -0.2) is 0 Å². The van der Waals surface area contributed by atoms with Gasteiger partial charge in [0.05, 0.1) is 17.7 Å². The first kappa shape index (κ1) is 23.0. The Morgan fingerprint density at radius 3 is 2.42 bits per heavy atom. The summed E-state index contributed by atoms with van der Waals surface area (Å²) in [6.45, 7) is 1.95. The zero-order valence-corrected chi connectivity index (χ0v) is 20.2. The fourth-order valence-corrected chi connectivity index (χ4v) is 5.46. The average molecular weight is 498 g/mol. The van der Waals surface area contributed by atoms with Crippen LogP contribution < -0.4 is 13.8 Å². The standard InChI is InChI=1S/C24H19NO5S3/c1-16-7-6-8-18(13-16)25-23(26)22(32-24(25)31)15-17-11-12-20(21(14-17)29-2)30-33(27,28)19-9-4-3-5-10-19/h3-15H,1-2H3. The maximum Gasteiger partial charge on any atom is 0.339 e. The number of carbonyl (C=O) groups excluding carboxylic acids is 1. The molecule has 9 heteroatoms. The third-order valence-electron chi connectivity index (χ3n) is 4.77. The smallest absolute Gasteiger partial charge is 0.339 e. The number of benzene rings is 3. The molecule has 0 aliphatic carbocycles. The first-order chi connectivity index (χ1) is 15.8. The first-order valence-electron chi connectivity index (χ1n) is 9.81. The van der Waals surface area contributed by atoms with Gasteiger partial charge in [-0.1, -0.05) is 60.4 Å². The number of amides is 1. The second-order valence-electron chi connectivity index (χ2n) is 7.12. The lowest BCUT2D eigenvalue weighted by molar-refractivity contribution is -0.113. The summed E-state index contributed by atoms with van der Waals surface area (Å²) in [4.78, 5) is 15.0. The number of rotatable bonds is 6. The quantitative estimate of drug-likeness (QED) is 0.264. The Labute approximate surface area is 202 Å². The second-order valence-corrected chi connectivity index (χ2v) is 10.3. The van der Waals surface area contributed by atoms with E-state index in [0.29, 0.717) is 20.5 Å². The molecule has 1 aliphatic rings. The van der Waals surface area contributed by atoms with Crippen LogP contribution in [-0.2, 0) is 14.9 Å². The number of aryl methyl sites for hydroxylation is 1. The number of ether oxygens (including phenoxy) is 1. The van der Waals surface area contributed by atoms with Gasteiger partial charge in [-0.15, -0.1) is 0 Å². The zero-order chi connectivity index (χ0) is 23.6. The average Bonchev–Trinajstić information content (AvgIpc) is 3.07. The minimum Gasteiger partial charge on any atom is -0.493 e. The van der Waals surface area contributed by atoms with Crippen LogP contribution >= 0.6 is 24.0 Å². The Hall–Kier alpha value is -3.14. The largest absolute Gasteiger partial charge is 0.493 e. The predicted octanol–water partition coefficient (Wildman–Crippen LogP) is 5.18. The lowest BCUT2D eigenvalue weighted by Gasteiger charge is -2.14. The maximum absolute atomic E-state index is 13.0. The summed E-state index contributed by atoms with van der Waals surface area (Å²) in [6.07, 6.45) is 1.69. The van der Waals surface area contributed by atoms with Crippen LogP contribution in [0.3, 0.4) is 0 Å². The van der Waals surface area contributed by atoms with E-state index >= 15 is 0 Å². The highest BCUT2D eigenvalue weighted by Crippen LogP contribution is 2.37. The van der Waals surface area contributed by atoms with Crippen molar-refractivity contribution in [3.63, 3.8) is 0 Å². The van der Waals surface area contributed by atoms with Crippen molar-refractivity contribution in [2.45, 2.75) is 11.8 Å². The van der Waals surface area contributed by atoms with Crippen LogP contribution in [-0.4, -0.2) is 25.8 Å². The van der Waals surface area contributed by atoms with E-state index in [2.05, 4.69) is 0 Å². The van der Waals surface area contributed by atoms with Crippen LogP contribution in [0.25, 0.3) is 6.08 Å². The van der Waals surface area contributed by atoms with E-state index < -0.39 is 10.1 Å². The topological polar surface area (TPSA) is 72.9 Å². The minimum absolute atomic E-state index is 0.0379. The van der Waals surface area contributed by atoms with Crippen molar-refractivity contribution in [3.05, 3.63) is 88.8 Å². The molecule has 0 radical (unpaired) electrons. The van der Waals surface area contributed by atoms with E-state index in [1.807, 2.05) is 31.2 Å². The number of carbonyl (C=O) groups is 1. The highest BCUT2D eigenvalue weighted by molar-refractivity contribution is 8.27. The summed E-state index contributed by atoms with van der Waals surface area (Å²) in [6, 6.07) is 20.2. The molecular weight excluding hydrogens is 478 g/mol. The Kier molecular flexibility index (Phi) is 6.55. The molecule has 33 heavy (non-hydrogen) atoms. The lowest BCUT2D eigenvalue weighted by Crippen LogP contribution is -2.27. The van der Waals surface area contributed by atoms with Crippen molar-refractivity contribution >= 4 is 56.1 Å². The molecule has 0 spiro atoms. The van der Waals surface area contributed by atoms with Gasteiger partial charge in [-0.05, 0) is 60.5 Å². The molecule has 1 heterocycles. The SMILES string of the molecule is COc1cc(C=C2SC(=S)N(c3cccc(C)c3)C2=O)ccc1OS(=O)(=O)c1ccccc1. The predicted molar refractivity (Wildman–Crippen MR) is 134 cm³/mol. The maximum atomic E-state index is 13.0. The molecule has 0 N–H and O–H groups in total. The molecular formula is C24H19NO5S3. The van der Waals surface area contributed by atoms with Gasteiger partial charge in [0.2, 0.25) is 0 Å². The molecule has 1 amide bonds. The number of hydrogen-bond acceptors (Lipinski definition) is 7. The first-order valence-corrected chi connectivity index (χ1v) is 12.4. The fraction of sp³-hybridized carbons (Fsp3) is 0.0833. The number of thiocarbonyl (C=S) groups is 1. The van der Waals surface area contributed by atoms with Crippen LogP contribution in [0.15, 0.2) is 82.6 Å². The molecule has 3 aromatic rings. The van der Waals surface area contributed by atoms with E-state index in [9.17, 15) is 13.2 Å². The van der Waals surface area contributed by atoms with Gasteiger partial charge < -0.3 is 8.92 Å². The fourth-order valence-electron chi connectivity index (χ4n) is 3.21. The van der Waals surface area contributed by atoms with E-state index in [1.54, 1.807) is 36.4 Å². The number of methoxy groups -OCH3 is 1. The molecule has 3 aromatic carbocycles. The molecule has 0 aromatic heterocycles. The molecule has 1 fully saturated rings. The van der Waals surface area contributed by atoms with E-state index in [4.69, 9.17) is 21.1 Å². The van der Waals surface area contributed by atoms with Crippen LogP contribution in [0, 0.1) is 6.92 Å². The Balaban J connectivity index is 1.60. The van der Waals surface area contributed by atoms with Gasteiger partial charge in [0.1, 0.15) is 4.90 Å². The monoisotopic (exact) mass is 497 g/mol. The van der Waals surface area contributed by atoms with Gasteiger partial charge in [0.25, 0.3) is 5.91 Å². The molecule has 1 aliphatic heterocycles. The summed E-state index contributed by atoms with van der Waals surface area (Å²) < 4.78 is 36.2. The van der Waals surface area contributed by atoms with E-state index in [1.165, 1.54) is 42.0 Å².